The number of nitrogens with one attached hydrogen (secondary N) is 1. The molecule has 0 unspecified atom stereocenters. The number of aliphatic hydroxyl groups is 2. The third kappa shape index (κ3) is 4.10. The van der Waals surface area contributed by atoms with Crippen LogP contribution in [0.5, 0.6) is 0 Å². The molecule has 5 heteroatoms. The van der Waals surface area contributed by atoms with Crippen molar-refractivity contribution in [1.29, 1.82) is 0 Å². The molecule has 5 nitrogen and oxygen atoms in total. The molecular formula is C13H19NO4. The molecule has 100 valence electrons. The van der Waals surface area contributed by atoms with Gasteiger partial charge in [-0.2, -0.15) is 0 Å². The molecule has 0 spiro atoms. The second-order valence-corrected chi connectivity index (χ2v) is 4.32. The minimum Gasteiger partial charge on any atom is -0.394 e. The smallest absolute Gasteiger partial charge is 0.275 e. The van der Waals surface area contributed by atoms with Gasteiger partial charge in [0.05, 0.1) is 6.61 Å². The monoisotopic (exact) mass is 253 g/mol. The van der Waals surface area contributed by atoms with E-state index in [2.05, 4.69) is 5.48 Å². The minimum atomic E-state index is -0.995. The van der Waals surface area contributed by atoms with Crippen LogP contribution in [0.1, 0.15) is 35.7 Å². The second-order valence-electron chi connectivity index (χ2n) is 4.32. The zero-order valence-corrected chi connectivity index (χ0v) is 10.6. The number of benzene rings is 1. The molecule has 0 aliphatic rings. The molecule has 0 fully saturated rings. The van der Waals surface area contributed by atoms with Crippen molar-refractivity contribution in [1.82, 2.24) is 5.48 Å². The molecule has 0 aromatic heterocycles. The lowest BCUT2D eigenvalue weighted by atomic mass is 9.97. The van der Waals surface area contributed by atoms with E-state index in [0.717, 1.165) is 5.56 Å². The van der Waals surface area contributed by atoms with Crippen molar-refractivity contribution < 1.29 is 19.8 Å². The van der Waals surface area contributed by atoms with Gasteiger partial charge in [0.15, 0.2) is 0 Å². The Morgan fingerprint density at radius 1 is 1.39 bits per heavy atom. The van der Waals surface area contributed by atoms with Gasteiger partial charge in [-0.15, -0.1) is 0 Å². The summed E-state index contributed by atoms with van der Waals surface area (Å²) in [5.74, 6) is -0.126. The number of carbonyl (C=O) groups is 1. The Hall–Kier alpha value is -1.43. The fourth-order valence-corrected chi connectivity index (χ4v) is 1.52. The Morgan fingerprint density at radius 2 is 2.06 bits per heavy atom. The number of rotatable bonds is 6. The van der Waals surface area contributed by atoms with Crippen molar-refractivity contribution in [3.63, 3.8) is 0 Å². The Balaban J connectivity index is 2.61. The highest BCUT2D eigenvalue weighted by Gasteiger charge is 2.13. The molecule has 0 bridgehead atoms. The van der Waals surface area contributed by atoms with Gasteiger partial charge in [-0.3, -0.25) is 9.63 Å². The topological polar surface area (TPSA) is 78.8 Å². The predicted octanol–water partition coefficient (Wildman–Crippen LogP) is 0.825. The van der Waals surface area contributed by atoms with Gasteiger partial charge in [0.1, 0.15) is 12.7 Å². The van der Waals surface area contributed by atoms with E-state index in [0.29, 0.717) is 5.56 Å². The molecule has 3 N–H and O–H groups in total. The average molecular weight is 253 g/mol. The predicted molar refractivity (Wildman–Crippen MR) is 67.0 cm³/mol. The van der Waals surface area contributed by atoms with Crippen molar-refractivity contribution in [2.45, 2.75) is 25.9 Å². The van der Waals surface area contributed by atoms with E-state index < -0.39 is 12.7 Å². The first-order chi connectivity index (χ1) is 8.56. The van der Waals surface area contributed by atoms with Crippen molar-refractivity contribution >= 4 is 5.91 Å². The maximum atomic E-state index is 11.9. The van der Waals surface area contributed by atoms with Crippen molar-refractivity contribution in [2.24, 2.45) is 0 Å². The molecule has 1 aromatic rings. The lowest BCUT2D eigenvalue weighted by molar-refractivity contribution is -0.0295. The summed E-state index contributed by atoms with van der Waals surface area (Å²) in [5, 5.41) is 17.6. The molecule has 1 atom stereocenters. The molecule has 0 heterocycles. The highest BCUT2D eigenvalue weighted by Crippen LogP contribution is 2.18. The van der Waals surface area contributed by atoms with Crippen LogP contribution >= 0.6 is 0 Å². The molecule has 18 heavy (non-hydrogen) atoms. The number of aliphatic hydroxyl groups excluding tert-OH is 2. The Morgan fingerprint density at radius 3 is 2.67 bits per heavy atom. The highest BCUT2D eigenvalue weighted by molar-refractivity contribution is 5.95. The van der Waals surface area contributed by atoms with Gasteiger partial charge in [-0.25, -0.2) is 5.48 Å². The molecular weight excluding hydrogens is 234 g/mol. The molecule has 1 amide bonds. The molecule has 0 radical (unpaired) electrons. The Bertz CT molecular complexity index is 392. The summed E-state index contributed by atoms with van der Waals surface area (Å²) in [4.78, 5) is 16.7. The third-order valence-electron chi connectivity index (χ3n) is 2.48. The van der Waals surface area contributed by atoms with Crippen molar-refractivity contribution in [2.75, 3.05) is 13.2 Å². The van der Waals surface area contributed by atoms with Gasteiger partial charge in [0.2, 0.25) is 0 Å². The van der Waals surface area contributed by atoms with E-state index >= 15 is 0 Å². The first kappa shape index (κ1) is 14.6. The number of hydrogen-bond donors (Lipinski definition) is 3. The maximum Gasteiger partial charge on any atom is 0.275 e. The van der Waals surface area contributed by atoms with E-state index in [-0.39, 0.29) is 18.4 Å². The van der Waals surface area contributed by atoms with Gasteiger partial charge in [0, 0.05) is 5.56 Å². The summed E-state index contributed by atoms with van der Waals surface area (Å²) in [6.07, 6.45) is -0.995. The van der Waals surface area contributed by atoms with Crippen LogP contribution in [0.4, 0.5) is 0 Å². The minimum absolute atomic E-state index is 0.147. The molecule has 1 aromatic carbocycles. The van der Waals surface area contributed by atoms with Gasteiger partial charge in [-0.1, -0.05) is 32.0 Å². The molecule has 0 aliphatic carbocycles. The highest BCUT2D eigenvalue weighted by atomic mass is 16.7. The maximum absolute atomic E-state index is 11.9. The summed E-state index contributed by atoms with van der Waals surface area (Å²) in [5.41, 5.74) is 3.73. The lowest BCUT2D eigenvalue weighted by Crippen LogP contribution is -2.30. The van der Waals surface area contributed by atoms with Crippen molar-refractivity contribution in [3.05, 3.63) is 35.4 Å². The standard InChI is InChI=1S/C13H19NO4/c1-9(2)11-5-3-4-6-12(11)13(17)14-18-8-10(16)7-15/h3-6,9-10,15-16H,7-8H2,1-2H3,(H,14,17)/t10-/m1/s1. The summed E-state index contributed by atoms with van der Waals surface area (Å²) >= 11 is 0. The fraction of sp³-hybridized carbons (Fsp3) is 0.462. The summed E-state index contributed by atoms with van der Waals surface area (Å²) in [7, 11) is 0. The lowest BCUT2D eigenvalue weighted by Gasteiger charge is -2.13. The van der Waals surface area contributed by atoms with Crippen LogP contribution in [-0.2, 0) is 4.84 Å². The van der Waals surface area contributed by atoms with Gasteiger partial charge < -0.3 is 10.2 Å². The van der Waals surface area contributed by atoms with E-state index in [1.807, 2.05) is 26.0 Å². The largest absolute Gasteiger partial charge is 0.394 e. The number of hydroxylamine groups is 1. The van der Waals surface area contributed by atoms with Gasteiger partial charge >= 0.3 is 0 Å². The average Bonchev–Trinajstić information content (AvgIpc) is 2.38. The van der Waals surface area contributed by atoms with Gasteiger partial charge in [-0.05, 0) is 17.5 Å². The number of hydrogen-bond acceptors (Lipinski definition) is 4. The van der Waals surface area contributed by atoms with E-state index in [1.54, 1.807) is 12.1 Å². The van der Waals surface area contributed by atoms with Crippen LogP contribution < -0.4 is 5.48 Å². The molecule has 0 saturated carbocycles. The van der Waals surface area contributed by atoms with E-state index in [9.17, 15) is 4.79 Å². The first-order valence-corrected chi connectivity index (χ1v) is 5.86. The quantitative estimate of drug-likeness (QED) is 0.656. The molecule has 0 aliphatic heterocycles. The normalized spacial score (nSPS) is 12.5. The Kier molecular flexibility index (Phi) is 5.77. The van der Waals surface area contributed by atoms with Crippen LogP contribution in [0, 0.1) is 0 Å². The number of amides is 1. The van der Waals surface area contributed by atoms with Crippen LogP contribution in [0.3, 0.4) is 0 Å². The van der Waals surface area contributed by atoms with Crippen LogP contribution in [0.15, 0.2) is 24.3 Å². The van der Waals surface area contributed by atoms with E-state index in [4.69, 9.17) is 15.1 Å². The summed E-state index contributed by atoms with van der Waals surface area (Å²) in [6.45, 7) is 3.45. The second kappa shape index (κ2) is 7.10. The third-order valence-corrected chi connectivity index (χ3v) is 2.48. The van der Waals surface area contributed by atoms with Crippen LogP contribution in [0.2, 0.25) is 0 Å². The molecule has 0 saturated heterocycles. The van der Waals surface area contributed by atoms with Crippen molar-refractivity contribution in [3.8, 4) is 0 Å². The summed E-state index contributed by atoms with van der Waals surface area (Å²) < 4.78 is 0. The number of carbonyl (C=O) groups excluding carboxylic acids is 1. The zero-order chi connectivity index (χ0) is 13.5. The van der Waals surface area contributed by atoms with E-state index in [1.165, 1.54) is 0 Å². The molecule has 1 rings (SSSR count). The fourth-order valence-electron chi connectivity index (χ4n) is 1.52. The zero-order valence-electron chi connectivity index (χ0n) is 10.6. The summed E-state index contributed by atoms with van der Waals surface area (Å²) in [6, 6.07) is 7.27. The van der Waals surface area contributed by atoms with Crippen LogP contribution in [0.25, 0.3) is 0 Å². The van der Waals surface area contributed by atoms with Gasteiger partial charge in [0.25, 0.3) is 5.91 Å². The van der Waals surface area contributed by atoms with Crippen LogP contribution in [-0.4, -0.2) is 35.4 Å². The first-order valence-electron chi connectivity index (χ1n) is 5.86. The SMILES string of the molecule is CC(C)c1ccccc1C(=O)NOC[C@H](O)CO. The Labute approximate surface area is 106 Å².